The number of hydroxylamine groups is 1. The minimum Gasteiger partial charge on any atom is -0.492 e. The van der Waals surface area contributed by atoms with E-state index in [0.29, 0.717) is 22.9 Å². The number of ether oxygens (including phenoxy) is 1. The molecule has 0 heterocycles. The van der Waals surface area contributed by atoms with Gasteiger partial charge in [0.1, 0.15) is 11.6 Å². The SMILES string of the molecule is CCCOc1ccc(C(=N)NO)cc1Cl. The second-order valence-electron chi connectivity index (χ2n) is 2.98. The van der Waals surface area contributed by atoms with Crippen LogP contribution in [0, 0.1) is 5.41 Å². The van der Waals surface area contributed by atoms with Crippen LogP contribution in [0.4, 0.5) is 0 Å². The van der Waals surface area contributed by atoms with Gasteiger partial charge in [0.05, 0.1) is 11.6 Å². The molecule has 0 saturated carbocycles. The summed E-state index contributed by atoms with van der Waals surface area (Å²) in [6.45, 7) is 2.61. The molecule has 0 aliphatic carbocycles. The quantitative estimate of drug-likeness (QED) is 0.421. The van der Waals surface area contributed by atoms with Crippen molar-refractivity contribution in [2.45, 2.75) is 13.3 Å². The Hall–Kier alpha value is -1.26. The third-order valence-corrected chi connectivity index (χ3v) is 2.09. The molecule has 15 heavy (non-hydrogen) atoms. The first-order chi connectivity index (χ1) is 7.19. The van der Waals surface area contributed by atoms with Gasteiger partial charge in [0.25, 0.3) is 0 Å². The molecule has 82 valence electrons. The van der Waals surface area contributed by atoms with Crippen LogP contribution in [0.3, 0.4) is 0 Å². The summed E-state index contributed by atoms with van der Waals surface area (Å²) in [5.41, 5.74) is 2.26. The fourth-order valence-corrected chi connectivity index (χ4v) is 1.29. The van der Waals surface area contributed by atoms with Crippen LogP contribution < -0.4 is 10.2 Å². The van der Waals surface area contributed by atoms with Crippen LogP contribution >= 0.6 is 11.6 Å². The molecule has 0 spiro atoms. The predicted molar refractivity (Wildman–Crippen MR) is 59.0 cm³/mol. The number of hydrogen-bond donors (Lipinski definition) is 3. The minimum atomic E-state index is -0.0982. The lowest BCUT2D eigenvalue weighted by Crippen LogP contribution is -2.18. The molecule has 1 rings (SSSR count). The molecule has 0 amide bonds. The average Bonchev–Trinajstić information content (AvgIpc) is 2.26. The maximum absolute atomic E-state index is 8.54. The van der Waals surface area contributed by atoms with Gasteiger partial charge in [-0.1, -0.05) is 18.5 Å². The van der Waals surface area contributed by atoms with Crippen LogP contribution in [0.5, 0.6) is 5.75 Å². The van der Waals surface area contributed by atoms with E-state index in [1.807, 2.05) is 6.92 Å². The van der Waals surface area contributed by atoms with Crippen molar-refractivity contribution in [3.8, 4) is 5.75 Å². The molecule has 0 aliphatic rings. The molecular weight excluding hydrogens is 216 g/mol. The number of amidine groups is 1. The molecular formula is C10H13ClN2O2. The summed E-state index contributed by atoms with van der Waals surface area (Å²) < 4.78 is 5.37. The Labute approximate surface area is 93.3 Å². The highest BCUT2D eigenvalue weighted by molar-refractivity contribution is 6.32. The summed E-state index contributed by atoms with van der Waals surface area (Å²) in [5, 5.41) is 16.3. The van der Waals surface area contributed by atoms with Crippen LogP contribution in [0.1, 0.15) is 18.9 Å². The smallest absolute Gasteiger partial charge is 0.149 e. The molecule has 1 aromatic rings. The topological polar surface area (TPSA) is 65.3 Å². The molecule has 0 unspecified atom stereocenters. The summed E-state index contributed by atoms with van der Waals surface area (Å²) in [6, 6.07) is 4.90. The largest absolute Gasteiger partial charge is 0.492 e. The number of rotatable bonds is 4. The summed E-state index contributed by atoms with van der Waals surface area (Å²) in [6.07, 6.45) is 0.909. The summed E-state index contributed by atoms with van der Waals surface area (Å²) in [7, 11) is 0. The zero-order valence-corrected chi connectivity index (χ0v) is 9.14. The fraction of sp³-hybridized carbons (Fsp3) is 0.300. The van der Waals surface area contributed by atoms with Crippen LogP contribution in [0.15, 0.2) is 18.2 Å². The van der Waals surface area contributed by atoms with Gasteiger partial charge in [0.2, 0.25) is 0 Å². The Morgan fingerprint density at radius 1 is 1.60 bits per heavy atom. The van der Waals surface area contributed by atoms with Crippen molar-refractivity contribution >= 4 is 17.4 Å². The zero-order valence-electron chi connectivity index (χ0n) is 8.38. The summed E-state index contributed by atoms with van der Waals surface area (Å²) in [5.74, 6) is 0.493. The molecule has 3 N–H and O–H groups in total. The van der Waals surface area contributed by atoms with Crippen molar-refractivity contribution < 1.29 is 9.94 Å². The van der Waals surface area contributed by atoms with E-state index in [1.54, 1.807) is 23.7 Å². The highest BCUT2D eigenvalue weighted by Gasteiger charge is 2.05. The Kier molecular flexibility index (Phi) is 4.39. The summed E-state index contributed by atoms with van der Waals surface area (Å²) >= 11 is 5.94. The Balaban J connectivity index is 2.83. The van der Waals surface area contributed by atoms with Gasteiger partial charge in [0, 0.05) is 5.56 Å². The average molecular weight is 229 g/mol. The molecule has 0 aliphatic heterocycles. The van der Waals surface area contributed by atoms with Crippen molar-refractivity contribution in [2.24, 2.45) is 0 Å². The third-order valence-electron chi connectivity index (χ3n) is 1.79. The van der Waals surface area contributed by atoms with Gasteiger partial charge >= 0.3 is 0 Å². The second-order valence-corrected chi connectivity index (χ2v) is 3.39. The third kappa shape index (κ3) is 3.11. The van der Waals surface area contributed by atoms with E-state index in [4.69, 9.17) is 27.0 Å². The van der Waals surface area contributed by atoms with Crippen LogP contribution in [-0.4, -0.2) is 17.6 Å². The molecule has 0 bridgehead atoms. The van der Waals surface area contributed by atoms with Gasteiger partial charge < -0.3 is 4.74 Å². The maximum atomic E-state index is 8.54. The number of nitrogens with one attached hydrogen (secondary N) is 2. The van der Waals surface area contributed by atoms with Gasteiger partial charge in [-0.3, -0.25) is 16.1 Å². The lowest BCUT2D eigenvalue weighted by atomic mass is 10.2. The first kappa shape index (κ1) is 11.8. The zero-order chi connectivity index (χ0) is 11.3. The number of benzene rings is 1. The molecule has 0 aromatic heterocycles. The molecule has 0 saturated heterocycles. The van der Waals surface area contributed by atoms with Crippen molar-refractivity contribution in [1.82, 2.24) is 5.48 Å². The van der Waals surface area contributed by atoms with E-state index in [-0.39, 0.29) is 5.84 Å². The van der Waals surface area contributed by atoms with Crippen molar-refractivity contribution in [1.29, 1.82) is 5.41 Å². The Bertz CT molecular complexity index is 355. The predicted octanol–water partition coefficient (Wildman–Crippen LogP) is 2.43. The molecule has 0 atom stereocenters. The lowest BCUT2D eigenvalue weighted by Gasteiger charge is -2.08. The van der Waals surface area contributed by atoms with Crippen molar-refractivity contribution in [3.05, 3.63) is 28.8 Å². The molecule has 1 aromatic carbocycles. The standard InChI is InChI=1S/C10H13ClN2O2/c1-2-5-15-9-4-3-7(6-8(9)11)10(12)13-14/h3-4,6,14H,2,5H2,1H3,(H2,12,13). The van der Waals surface area contributed by atoms with E-state index in [2.05, 4.69) is 0 Å². The van der Waals surface area contributed by atoms with Crippen molar-refractivity contribution in [3.63, 3.8) is 0 Å². The normalized spacial score (nSPS) is 9.80. The van der Waals surface area contributed by atoms with E-state index < -0.39 is 0 Å². The van der Waals surface area contributed by atoms with Crippen LogP contribution in [-0.2, 0) is 0 Å². The molecule has 0 fully saturated rings. The summed E-state index contributed by atoms with van der Waals surface area (Å²) in [4.78, 5) is 0. The molecule has 4 nitrogen and oxygen atoms in total. The minimum absolute atomic E-state index is 0.0982. The van der Waals surface area contributed by atoms with Crippen LogP contribution in [0.2, 0.25) is 5.02 Å². The van der Waals surface area contributed by atoms with Gasteiger partial charge in [-0.25, -0.2) is 0 Å². The van der Waals surface area contributed by atoms with Gasteiger partial charge in [-0.2, -0.15) is 0 Å². The van der Waals surface area contributed by atoms with Gasteiger partial charge in [0.15, 0.2) is 0 Å². The number of hydrogen-bond acceptors (Lipinski definition) is 3. The van der Waals surface area contributed by atoms with Gasteiger partial charge in [-0.05, 0) is 24.6 Å². The monoisotopic (exact) mass is 228 g/mol. The second kappa shape index (κ2) is 5.58. The number of halogens is 1. The highest BCUT2D eigenvalue weighted by atomic mass is 35.5. The van der Waals surface area contributed by atoms with E-state index in [1.165, 1.54) is 0 Å². The first-order valence-corrected chi connectivity index (χ1v) is 4.98. The van der Waals surface area contributed by atoms with Gasteiger partial charge in [-0.15, -0.1) is 0 Å². The van der Waals surface area contributed by atoms with E-state index in [9.17, 15) is 0 Å². The van der Waals surface area contributed by atoms with Crippen LogP contribution in [0.25, 0.3) is 0 Å². The fourth-order valence-electron chi connectivity index (χ4n) is 1.05. The molecule has 5 heteroatoms. The maximum Gasteiger partial charge on any atom is 0.149 e. The van der Waals surface area contributed by atoms with E-state index in [0.717, 1.165) is 6.42 Å². The highest BCUT2D eigenvalue weighted by Crippen LogP contribution is 2.25. The lowest BCUT2D eigenvalue weighted by molar-refractivity contribution is 0.234. The Morgan fingerprint density at radius 3 is 2.87 bits per heavy atom. The Morgan fingerprint density at radius 2 is 2.33 bits per heavy atom. The van der Waals surface area contributed by atoms with Crippen molar-refractivity contribution in [2.75, 3.05) is 6.61 Å². The van der Waals surface area contributed by atoms with E-state index >= 15 is 0 Å². The molecule has 0 radical (unpaired) electrons. The first-order valence-electron chi connectivity index (χ1n) is 4.60.